The highest BCUT2D eigenvalue weighted by Crippen LogP contribution is 2.22. The van der Waals surface area contributed by atoms with Crippen LogP contribution in [0.2, 0.25) is 0 Å². The Morgan fingerprint density at radius 1 is 1.62 bits per heavy atom. The molecule has 1 aromatic heterocycles. The largest absolute Gasteiger partial charge is 0.300 e. The van der Waals surface area contributed by atoms with Crippen molar-refractivity contribution in [2.45, 2.75) is 38.6 Å². The first-order valence-corrected chi connectivity index (χ1v) is 6.79. The van der Waals surface area contributed by atoms with E-state index < -0.39 is 0 Å². The van der Waals surface area contributed by atoms with Crippen molar-refractivity contribution in [1.29, 1.82) is 0 Å². The summed E-state index contributed by atoms with van der Waals surface area (Å²) < 4.78 is 0. The quantitative estimate of drug-likeness (QED) is 0.755. The van der Waals surface area contributed by atoms with Gasteiger partial charge >= 0.3 is 0 Å². The van der Waals surface area contributed by atoms with Crippen LogP contribution in [0.25, 0.3) is 0 Å². The van der Waals surface area contributed by atoms with Crippen molar-refractivity contribution >= 4 is 17.6 Å². The minimum Gasteiger partial charge on any atom is -0.300 e. The maximum atomic E-state index is 10.6. The summed E-state index contributed by atoms with van der Waals surface area (Å²) in [5.74, 6) is 0. The molecule has 3 nitrogen and oxygen atoms in total. The number of thiazole rings is 1. The molecule has 0 bridgehead atoms. The zero-order valence-corrected chi connectivity index (χ0v) is 10.5. The third kappa shape index (κ3) is 2.68. The number of likely N-dealkylation sites (tertiary alicyclic amines) is 1. The van der Waals surface area contributed by atoms with Crippen LogP contribution in [0, 0.1) is 0 Å². The lowest BCUT2D eigenvalue weighted by atomic mass is 10.00. The predicted octanol–water partition coefficient (Wildman–Crippen LogP) is 2.37. The smallest absolute Gasteiger partial charge is 0.161 e. The van der Waals surface area contributed by atoms with Crippen LogP contribution < -0.4 is 0 Å². The van der Waals surface area contributed by atoms with Gasteiger partial charge in [0.05, 0.1) is 9.88 Å². The molecule has 1 fully saturated rings. The van der Waals surface area contributed by atoms with Gasteiger partial charge in [-0.15, -0.1) is 11.3 Å². The van der Waals surface area contributed by atoms with E-state index in [4.69, 9.17) is 0 Å². The van der Waals surface area contributed by atoms with Crippen LogP contribution in [0.3, 0.4) is 0 Å². The van der Waals surface area contributed by atoms with Gasteiger partial charge in [0.15, 0.2) is 6.29 Å². The molecule has 2 heterocycles. The molecule has 0 amide bonds. The van der Waals surface area contributed by atoms with Crippen molar-refractivity contribution in [3.8, 4) is 0 Å². The van der Waals surface area contributed by atoms with Crippen LogP contribution in [-0.4, -0.2) is 35.3 Å². The summed E-state index contributed by atoms with van der Waals surface area (Å²) in [7, 11) is 0. The number of likely N-dealkylation sites (N-methyl/N-ethyl adjacent to an activating group) is 1. The van der Waals surface area contributed by atoms with Gasteiger partial charge in [0.2, 0.25) is 0 Å². The minimum absolute atomic E-state index is 0.629. The van der Waals surface area contributed by atoms with Crippen molar-refractivity contribution in [2.75, 3.05) is 13.1 Å². The van der Waals surface area contributed by atoms with Crippen molar-refractivity contribution in [2.24, 2.45) is 0 Å². The number of hydrogen-bond donors (Lipinski definition) is 0. The van der Waals surface area contributed by atoms with E-state index in [1.807, 2.05) is 0 Å². The standard InChI is InChI=1S/C12H18N2OS/c1-2-14-6-4-3-5-10(14)7-12-13-8-11(9-15)16-12/h8-10H,2-7H2,1H3. The molecule has 0 saturated carbocycles. The molecule has 2 rings (SSSR count). The first kappa shape index (κ1) is 11.7. The molecule has 1 unspecified atom stereocenters. The van der Waals surface area contributed by atoms with Crippen LogP contribution in [0.1, 0.15) is 40.9 Å². The second kappa shape index (κ2) is 5.55. The molecule has 1 aliphatic heterocycles. The lowest BCUT2D eigenvalue weighted by molar-refractivity contribution is 0.112. The number of hydrogen-bond acceptors (Lipinski definition) is 4. The normalized spacial score (nSPS) is 22.2. The Bertz CT molecular complexity index is 351. The van der Waals surface area contributed by atoms with Crippen LogP contribution in [-0.2, 0) is 6.42 Å². The van der Waals surface area contributed by atoms with Crippen LogP contribution in [0.5, 0.6) is 0 Å². The number of aldehydes is 1. The third-order valence-electron chi connectivity index (χ3n) is 3.25. The summed E-state index contributed by atoms with van der Waals surface area (Å²) in [6.45, 7) is 4.56. The second-order valence-corrected chi connectivity index (χ2v) is 5.40. The zero-order chi connectivity index (χ0) is 11.4. The van der Waals surface area contributed by atoms with Crippen molar-refractivity contribution in [3.63, 3.8) is 0 Å². The first-order valence-electron chi connectivity index (χ1n) is 5.97. The molecule has 16 heavy (non-hydrogen) atoms. The fourth-order valence-corrected chi connectivity index (χ4v) is 3.19. The fraction of sp³-hybridized carbons (Fsp3) is 0.667. The number of carbonyl (C=O) groups is 1. The highest BCUT2D eigenvalue weighted by molar-refractivity contribution is 7.13. The molecule has 4 heteroatoms. The number of rotatable bonds is 4. The van der Waals surface area contributed by atoms with E-state index >= 15 is 0 Å². The van der Waals surface area contributed by atoms with E-state index in [0.717, 1.165) is 29.1 Å². The van der Waals surface area contributed by atoms with Crippen molar-refractivity contribution in [3.05, 3.63) is 16.1 Å². The van der Waals surface area contributed by atoms with E-state index in [0.29, 0.717) is 6.04 Å². The summed E-state index contributed by atoms with van der Waals surface area (Å²) in [6, 6.07) is 0.629. The van der Waals surface area contributed by atoms with Gasteiger partial charge in [0, 0.05) is 18.7 Å². The van der Waals surface area contributed by atoms with Gasteiger partial charge < -0.3 is 4.90 Å². The molecule has 1 aromatic rings. The number of piperidine rings is 1. The minimum atomic E-state index is 0.629. The molecular formula is C12H18N2OS. The number of carbonyl (C=O) groups excluding carboxylic acids is 1. The van der Waals surface area contributed by atoms with Crippen molar-refractivity contribution < 1.29 is 4.79 Å². The first-order chi connectivity index (χ1) is 7.83. The van der Waals surface area contributed by atoms with Crippen LogP contribution in [0.15, 0.2) is 6.20 Å². The van der Waals surface area contributed by atoms with E-state index in [-0.39, 0.29) is 0 Å². The predicted molar refractivity (Wildman–Crippen MR) is 66.1 cm³/mol. The highest BCUT2D eigenvalue weighted by atomic mass is 32.1. The molecule has 1 aliphatic rings. The Labute approximate surface area is 100 Å². The molecule has 88 valence electrons. The molecule has 0 radical (unpaired) electrons. The van der Waals surface area contributed by atoms with Crippen LogP contribution in [0.4, 0.5) is 0 Å². The Kier molecular flexibility index (Phi) is 4.07. The maximum Gasteiger partial charge on any atom is 0.161 e. The van der Waals surface area contributed by atoms with Gasteiger partial charge in [0.1, 0.15) is 0 Å². The monoisotopic (exact) mass is 238 g/mol. The molecule has 1 saturated heterocycles. The molecule has 0 N–H and O–H groups in total. The van der Waals surface area contributed by atoms with E-state index in [1.54, 1.807) is 6.20 Å². The summed E-state index contributed by atoms with van der Waals surface area (Å²) in [5.41, 5.74) is 0. The van der Waals surface area contributed by atoms with Gasteiger partial charge in [-0.2, -0.15) is 0 Å². The van der Waals surface area contributed by atoms with Gasteiger partial charge in [-0.25, -0.2) is 4.98 Å². The SMILES string of the molecule is CCN1CCCCC1Cc1ncc(C=O)s1. The number of nitrogens with zero attached hydrogens (tertiary/aromatic N) is 2. The maximum absolute atomic E-state index is 10.6. The average molecular weight is 238 g/mol. The highest BCUT2D eigenvalue weighted by Gasteiger charge is 2.22. The van der Waals surface area contributed by atoms with Gasteiger partial charge in [0.25, 0.3) is 0 Å². The Balaban J connectivity index is 1.98. The average Bonchev–Trinajstić information content (AvgIpc) is 2.77. The van der Waals surface area contributed by atoms with Crippen LogP contribution >= 0.6 is 11.3 Å². The molecule has 0 aromatic carbocycles. The van der Waals surface area contributed by atoms with E-state index in [1.165, 1.54) is 37.1 Å². The molecular weight excluding hydrogens is 220 g/mol. The lowest BCUT2D eigenvalue weighted by Crippen LogP contribution is -2.40. The van der Waals surface area contributed by atoms with Crippen molar-refractivity contribution in [1.82, 2.24) is 9.88 Å². The Morgan fingerprint density at radius 3 is 3.19 bits per heavy atom. The molecule has 0 aliphatic carbocycles. The van der Waals surface area contributed by atoms with Gasteiger partial charge in [-0.05, 0) is 25.9 Å². The second-order valence-electron chi connectivity index (χ2n) is 4.26. The fourth-order valence-electron chi connectivity index (χ4n) is 2.38. The summed E-state index contributed by atoms with van der Waals surface area (Å²) in [5, 5.41) is 1.10. The van der Waals surface area contributed by atoms with Gasteiger partial charge in [-0.1, -0.05) is 13.3 Å². The molecule has 1 atom stereocenters. The third-order valence-corrected chi connectivity index (χ3v) is 4.20. The Morgan fingerprint density at radius 2 is 2.50 bits per heavy atom. The summed E-state index contributed by atoms with van der Waals surface area (Å²) >= 11 is 1.53. The summed E-state index contributed by atoms with van der Waals surface area (Å²) in [4.78, 5) is 18.2. The topological polar surface area (TPSA) is 33.2 Å². The Hall–Kier alpha value is -0.740. The van der Waals surface area contributed by atoms with E-state index in [9.17, 15) is 4.79 Å². The number of aromatic nitrogens is 1. The van der Waals surface area contributed by atoms with Gasteiger partial charge in [-0.3, -0.25) is 4.79 Å². The lowest BCUT2D eigenvalue weighted by Gasteiger charge is -2.34. The molecule has 0 spiro atoms. The van der Waals surface area contributed by atoms with E-state index in [2.05, 4.69) is 16.8 Å². The summed E-state index contributed by atoms with van der Waals surface area (Å²) in [6.07, 6.45) is 7.50. The zero-order valence-electron chi connectivity index (χ0n) is 9.69.